The smallest absolute Gasteiger partial charge is 0.253 e. The Hall–Kier alpha value is -1.03. The lowest BCUT2D eigenvalue weighted by Crippen LogP contribution is -2.36. The minimum atomic E-state index is 0.0904. The van der Waals surface area contributed by atoms with Gasteiger partial charge in [0, 0.05) is 28.8 Å². The number of benzene rings is 1. The van der Waals surface area contributed by atoms with Crippen molar-refractivity contribution in [3.05, 3.63) is 28.2 Å². The van der Waals surface area contributed by atoms with Gasteiger partial charge in [0.05, 0.1) is 0 Å². The topological polar surface area (TPSA) is 46.3 Å². The van der Waals surface area contributed by atoms with Crippen molar-refractivity contribution in [3.63, 3.8) is 0 Å². The Labute approximate surface area is 123 Å². The Balaban J connectivity index is 2.10. The molecule has 1 aromatic carbocycles. The molecule has 19 heavy (non-hydrogen) atoms. The van der Waals surface area contributed by atoms with E-state index in [9.17, 15) is 4.79 Å². The first-order valence-electron chi connectivity index (χ1n) is 6.92. The fourth-order valence-corrected chi connectivity index (χ4v) is 3.05. The highest BCUT2D eigenvalue weighted by Gasteiger charge is 2.22. The quantitative estimate of drug-likeness (QED) is 0.663. The molecular weight excluding hydrogens is 304 g/mol. The summed E-state index contributed by atoms with van der Waals surface area (Å²) in [5, 5.41) is 0. The van der Waals surface area contributed by atoms with Gasteiger partial charge in [-0.25, -0.2) is 0 Å². The monoisotopic (exact) mass is 324 g/mol. The zero-order valence-electron chi connectivity index (χ0n) is 11.4. The fraction of sp³-hybridized carbons (Fsp3) is 0.533. The van der Waals surface area contributed by atoms with Gasteiger partial charge in [0.25, 0.3) is 5.91 Å². The molecule has 0 unspecified atom stereocenters. The van der Waals surface area contributed by atoms with Crippen molar-refractivity contribution in [2.24, 2.45) is 0 Å². The van der Waals surface area contributed by atoms with E-state index in [2.05, 4.69) is 15.9 Å². The van der Waals surface area contributed by atoms with Crippen molar-refractivity contribution in [1.29, 1.82) is 0 Å². The Kier molecular flexibility index (Phi) is 4.86. The fourth-order valence-electron chi connectivity index (χ4n) is 2.67. The van der Waals surface area contributed by atoms with E-state index >= 15 is 0 Å². The number of carbonyl (C=O) groups is 1. The third-order valence-electron chi connectivity index (χ3n) is 3.94. The van der Waals surface area contributed by atoms with Crippen LogP contribution in [0.1, 0.15) is 48.9 Å². The first-order chi connectivity index (χ1) is 9.09. The number of rotatable bonds is 2. The van der Waals surface area contributed by atoms with Gasteiger partial charge >= 0.3 is 0 Å². The van der Waals surface area contributed by atoms with E-state index < -0.39 is 0 Å². The summed E-state index contributed by atoms with van der Waals surface area (Å²) < 4.78 is 0.785. The normalized spacial score (nSPS) is 16.9. The van der Waals surface area contributed by atoms with E-state index in [1.165, 1.54) is 25.7 Å². The van der Waals surface area contributed by atoms with Crippen molar-refractivity contribution in [2.75, 3.05) is 12.8 Å². The van der Waals surface area contributed by atoms with Crippen LogP contribution in [0.5, 0.6) is 0 Å². The van der Waals surface area contributed by atoms with Gasteiger partial charge in [-0.3, -0.25) is 4.79 Å². The molecule has 0 spiro atoms. The van der Waals surface area contributed by atoms with Crippen LogP contribution in [-0.2, 0) is 0 Å². The Bertz CT molecular complexity index is 453. The standard InChI is InChI=1S/C15H21BrN2O/c1-18(12-6-4-2-3-5-7-12)15(19)11-8-9-14(17)13(16)10-11/h8-10,12H,2-7,17H2,1H3. The largest absolute Gasteiger partial charge is 0.398 e. The van der Waals surface area contributed by atoms with Crippen LogP contribution >= 0.6 is 15.9 Å². The first-order valence-corrected chi connectivity index (χ1v) is 7.71. The van der Waals surface area contributed by atoms with Crippen molar-refractivity contribution in [3.8, 4) is 0 Å². The molecule has 0 heterocycles. The van der Waals surface area contributed by atoms with Crippen LogP contribution in [0.3, 0.4) is 0 Å². The number of hydrogen-bond donors (Lipinski definition) is 1. The molecule has 1 aliphatic rings. The maximum Gasteiger partial charge on any atom is 0.253 e. The van der Waals surface area contributed by atoms with Crippen molar-refractivity contribution >= 4 is 27.5 Å². The summed E-state index contributed by atoms with van der Waals surface area (Å²) in [5.41, 5.74) is 7.12. The number of nitrogens with two attached hydrogens (primary N) is 1. The number of carbonyl (C=O) groups excluding carboxylic acids is 1. The van der Waals surface area contributed by atoms with Crippen LogP contribution in [0.25, 0.3) is 0 Å². The van der Waals surface area contributed by atoms with E-state index in [0.717, 1.165) is 17.3 Å². The molecule has 0 aliphatic heterocycles. The highest BCUT2D eigenvalue weighted by atomic mass is 79.9. The molecule has 1 aromatic rings. The molecule has 0 aromatic heterocycles. The van der Waals surface area contributed by atoms with Crippen LogP contribution < -0.4 is 5.73 Å². The van der Waals surface area contributed by atoms with Crippen molar-refractivity contribution in [2.45, 2.75) is 44.6 Å². The molecule has 3 nitrogen and oxygen atoms in total. The summed E-state index contributed by atoms with van der Waals surface area (Å²) in [4.78, 5) is 14.4. The summed E-state index contributed by atoms with van der Waals surface area (Å²) in [7, 11) is 1.92. The van der Waals surface area contributed by atoms with E-state index in [1.54, 1.807) is 12.1 Å². The van der Waals surface area contributed by atoms with E-state index in [4.69, 9.17) is 5.73 Å². The summed E-state index contributed by atoms with van der Waals surface area (Å²) in [6, 6.07) is 5.77. The SMILES string of the molecule is CN(C(=O)c1ccc(N)c(Br)c1)C1CCCCCC1. The molecular formula is C15H21BrN2O. The lowest BCUT2D eigenvalue weighted by atomic mass is 10.1. The van der Waals surface area contributed by atoms with E-state index in [-0.39, 0.29) is 5.91 Å². The van der Waals surface area contributed by atoms with E-state index in [0.29, 0.717) is 17.3 Å². The number of nitrogen functional groups attached to an aromatic ring is 1. The van der Waals surface area contributed by atoms with Crippen LogP contribution in [0.2, 0.25) is 0 Å². The Morgan fingerprint density at radius 3 is 2.47 bits per heavy atom. The number of hydrogen-bond acceptors (Lipinski definition) is 2. The maximum atomic E-state index is 12.5. The molecule has 104 valence electrons. The summed E-state index contributed by atoms with van der Waals surface area (Å²) in [5.74, 6) is 0.0904. The minimum Gasteiger partial charge on any atom is -0.398 e. The van der Waals surface area contributed by atoms with Crippen LogP contribution in [0.15, 0.2) is 22.7 Å². The molecule has 1 fully saturated rings. The zero-order chi connectivity index (χ0) is 13.8. The predicted molar refractivity (Wildman–Crippen MR) is 82.1 cm³/mol. The van der Waals surface area contributed by atoms with Crippen molar-refractivity contribution < 1.29 is 4.79 Å². The maximum absolute atomic E-state index is 12.5. The van der Waals surface area contributed by atoms with Crippen LogP contribution in [0.4, 0.5) is 5.69 Å². The molecule has 1 aliphatic carbocycles. The average molecular weight is 325 g/mol. The summed E-state index contributed by atoms with van der Waals surface area (Å²) in [6.07, 6.45) is 7.30. The number of nitrogens with zero attached hydrogens (tertiary/aromatic N) is 1. The number of amides is 1. The van der Waals surface area contributed by atoms with Gasteiger partial charge in [-0.2, -0.15) is 0 Å². The molecule has 0 atom stereocenters. The third-order valence-corrected chi connectivity index (χ3v) is 4.63. The zero-order valence-corrected chi connectivity index (χ0v) is 12.9. The van der Waals surface area contributed by atoms with Crippen molar-refractivity contribution in [1.82, 2.24) is 4.90 Å². The van der Waals surface area contributed by atoms with Gasteiger partial charge in [-0.1, -0.05) is 25.7 Å². The first kappa shape index (κ1) is 14.4. The lowest BCUT2D eigenvalue weighted by molar-refractivity contribution is 0.0717. The minimum absolute atomic E-state index is 0.0904. The molecule has 0 saturated heterocycles. The van der Waals surface area contributed by atoms with Gasteiger partial charge in [0.15, 0.2) is 0 Å². The molecule has 1 saturated carbocycles. The third kappa shape index (κ3) is 3.50. The lowest BCUT2D eigenvalue weighted by Gasteiger charge is -2.27. The second kappa shape index (κ2) is 6.42. The van der Waals surface area contributed by atoms with Gasteiger partial charge in [-0.05, 0) is 47.0 Å². The van der Waals surface area contributed by atoms with Gasteiger partial charge in [0.2, 0.25) is 0 Å². The summed E-state index contributed by atoms with van der Waals surface area (Å²) >= 11 is 3.38. The van der Waals surface area contributed by atoms with E-state index in [1.807, 2.05) is 18.0 Å². The second-order valence-corrected chi connectivity index (χ2v) is 6.15. The summed E-state index contributed by atoms with van der Waals surface area (Å²) in [6.45, 7) is 0. The predicted octanol–water partition coefficient (Wildman–Crippen LogP) is 3.83. The molecule has 2 N–H and O–H groups in total. The molecule has 4 heteroatoms. The van der Waals surface area contributed by atoms with Gasteiger partial charge < -0.3 is 10.6 Å². The van der Waals surface area contributed by atoms with Gasteiger partial charge in [-0.15, -0.1) is 0 Å². The Morgan fingerprint density at radius 2 is 1.89 bits per heavy atom. The molecule has 0 radical (unpaired) electrons. The second-order valence-electron chi connectivity index (χ2n) is 5.30. The Morgan fingerprint density at radius 1 is 1.26 bits per heavy atom. The highest BCUT2D eigenvalue weighted by molar-refractivity contribution is 9.10. The average Bonchev–Trinajstić information content (AvgIpc) is 2.69. The molecule has 2 rings (SSSR count). The van der Waals surface area contributed by atoms with Gasteiger partial charge in [0.1, 0.15) is 0 Å². The number of halogens is 1. The molecule has 0 bridgehead atoms. The molecule has 1 amide bonds. The highest BCUT2D eigenvalue weighted by Crippen LogP contribution is 2.24. The van der Waals surface area contributed by atoms with Crippen LogP contribution in [0, 0.1) is 0 Å². The van der Waals surface area contributed by atoms with Crippen LogP contribution in [-0.4, -0.2) is 23.9 Å². The number of anilines is 1.